The van der Waals surface area contributed by atoms with Crippen molar-refractivity contribution in [2.24, 2.45) is 0 Å². The lowest BCUT2D eigenvalue weighted by molar-refractivity contribution is -0.205. The van der Waals surface area contributed by atoms with E-state index < -0.39 is 58.9 Å². The molecule has 0 aromatic carbocycles. The minimum Gasteiger partial charge on any atom is -0.388 e. The quantitative estimate of drug-likeness (QED) is 0.349. The highest BCUT2D eigenvalue weighted by molar-refractivity contribution is 7.99. The molecule has 0 saturated carbocycles. The van der Waals surface area contributed by atoms with Gasteiger partial charge in [-0.1, -0.05) is 19.8 Å². The minimum absolute atomic E-state index is 0.0745. The van der Waals surface area contributed by atoms with Crippen molar-refractivity contribution in [1.82, 2.24) is 10.6 Å². The van der Waals surface area contributed by atoms with E-state index in [1.165, 1.54) is 11.8 Å². The summed E-state index contributed by atoms with van der Waals surface area (Å²) in [5.41, 5.74) is -2.18. The molecule has 1 amide bonds. The van der Waals surface area contributed by atoms with E-state index >= 15 is 0 Å². The summed E-state index contributed by atoms with van der Waals surface area (Å²) < 4.78 is 20.5. The van der Waals surface area contributed by atoms with Crippen molar-refractivity contribution in [3.05, 3.63) is 0 Å². The second-order valence-corrected chi connectivity index (χ2v) is 9.40. The Kier molecular flexibility index (Phi) is 8.82. The van der Waals surface area contributed by atoms with Crippen LogP contribution in [-0.4, -0.2) is 87.0 Å². The number of hydrogen-bond acceptors (Lipinski definition) is 7. The molecule has 5 N–H and O–H groups in total. The predicted octanol–water partition coefficient (Wildman–Crippen LogP) is 0.530. The van der Waals surface area contributed by atoms with Crippen LogP contribution in [0.2, 0.25) is 0 Å². The number of nitrogens with one attached hydrogen (secondary N) is 2. The second kappa shape index (κ2) is 10.2. The zero-order valence-corrected chi connectivity index (χ0v) is 18.0. The molecule has 0 aliphatic carbocycles. The zero-order chi connectivity index (χ0) is 21.1. The Morgan fingerprint density at radius 1 is 1.39 bits per heavy atom. The third-order valence-electron chi connectivity index (χ3n) is 5.53. The lowest BCUT2D eigenvalue weighted by atomic mass is 9.92. The third kappa shape index (κ3) is 5.50. The standard InChI is InChI=1S/C18H32ClFN2O5S/c1-4-5-6-18(20)7-10(21-8-18)16(26)22-11(9(2)19)15-13(24)12(23)14(25)17(27-15)28-3/h9-15,17,21,23-25H,4-8H2,1-3H3,(H,22,26)/t9?,10?,11?,12-,13+,14+,15+,17+,18?/m0/s1. The van der Waals surface area contributed by atoms with Gasteiger partial charge in [0.25, 0.3) is 0 Å². The lowest BCUT2D eigenvalue weighted by Crippen LogP contribution is -2.65. The van der Waals surface area contributed by atoms with Crippen molar-refractivity contribution >= 4 is 29.3 Å². The van der Waals surface area contributed by atoms with Gasteiger partial charge in [0.15, 0.2) is 0 Å². The van der Waals surface area contributed by atoms with E-state index in [1.54, 1.807) is 13.2 Å². The number of halogens is 2. The summed E-state index contributed by atoms with van der Waals surface area (Å²) in [6, 6.07) is -1.53. The van der Waals surface area contributed by atoms with Gasteiger partial charge in [-0.15, -0.1) is 23.4 Å². The fourth-order valence-corrected chi connectivity index (χ4v) is 4.66. The van der Waals surface area contributed by atoms with Gasteiger partial charge in [-0.05, 0) is 19.6 Å². The van der Waals surface area contributed by atoms with Gasteiger partial charge in [-0.2, -0.15) is 0 Å². The van der Waals surface area contributed by atoms with Crippen LogP contribution in [0.3, 0.4) is 0 Å². The number of ether oxygens (including phenoxy) is 1. The van der Waals surface area contributed by atoms with Crippen molar-refractivity contribution in [3.63, 3.8) is 0 Å². The van der Waals surface area contributed by atoms with E-state index in [-0.39, 0.29) is 13.0 Å². The molecule has 28 heavy (non-hydrogen) atoms. The number of rotatable bonds is 8. The molecule has 0 bridgehead atoms. The van der Waals surface area contributed by atoms with Crippen LogP contribution in [0.1, 0.15) is 39.5 Å². The third-order valence-corrected chi connectivity index (χ3v) is 6.65. The summed E-state index contributed by atoms with van der Waals surface area (Å²) in [5, 5.41) is 35.5. The molecular formula is C18H32ClFN2O5S. The lowest BCUT2D eigenvalue weighted by Gasteiger charge is -2.44. The van der Waals surface area contributed by atoms with Crippen LogP contribution in [0.5, 0.6) is 0 Å². The molecule has 4 unspecified atom stereocenters. The molecule has 2 fully saturated rings. The zero-order valence-electron chi connectivity index (χ0n) is 16.5. The Hall–Kier alpha value is -0.160. The maximum absolute atomic E-state index is 14.8. The Morgan fingerprint density at radius 2 is 2.07 bits per heavy atom. The van der Waals surface area contributed by atoms with Crippen molar-refractivity contribution < 1.29 is 29.2 Å². The highest BCUT2D eigenvalue weighted by Gasteiger charge is 2.49. The number of amides is 1. The van der Waals surface area contributed by atoms with Crippen LogP contribution in [0, 0.1) is 0 Å². The van der Waals surface area contributed by atoms with Crippen LogP contribution < -0.4 is 10.6 Å². The normalized spacial score (nSPS) is 40.9. The first-order valence-corrected chi connectivity index (χ1v) is 11.4. The molecule has 7 nitrogen and oxygen atoms in total. The molecule has 2 rings (SSSR count). The number of hydrogen-bond donors (Lipinski definition) is 5. The topological polar surface area (TPSA) is 111 Å². The van der Waals surface area contributed by atoms with E-state index in [2.05, 4.69) is 10.6 Å². The molecule has 2 aliphatic heterocycles. The molecular weight excluding hydrogens is 411 g/mol. The average molecular weight is 443 g/mol. The van der Waals surface area contributed by atoms with E-state index in [4.69, 9.17) is 16.3 Å². The van der Waals surface area contributed by atoms with Gasteiger partial charge >= 0.3 is 0 Å². The van der Waals surface area contributed by atoms with E-state index in [0.29, 0.717) is 6.42 Å². The molecule has 164 valence electrons. The second-order valence-electron chi connectivity index (χ2n) is 7.78. The van der Waals surface area contributed by atoms with Gasteiger partial charge in [0.2, 0.25) is 5.91 Å². The molecule has 9 atom stereocenters. The highest BCUT2D eigenvalue weighted by Crippen LogP contribution is 2.32. The number of carbonyl (C=O) groups is 1. The van der Waals surface area contributed by atoms with Crippen molar-refractivity contribution in [3.8, 4) is 0 Å². The van der Waals surface area contributed by atoms with Crippen molar-refractivity contribution in [2.45, 2.75) is 92.5 Å². The number of carbonyl (C=O) groups excluding carboxylic acids is 1. The number of thioether (sulfide) groups is 1. The minimum atomic E-state index is -1.43. The fourth-order valence-electron chi connectivity index (χ4n) is 3.77. The van der Waals surface area contributed by atoms with Gasteiger partial charge in [-0.3, -0.25) is 4.79 Å². The van der Waals surface area contributed by atoms with Crippen molar-refractivity contribution in [1.29, 1.82) is 0 Å². The van der Waals surface area contributed by atoms with E-state index in [0.717, 1.165) is 12.8 Å². The van der Waals surface area contributed by atoms with Crippen LogP contribution in [-0.2, 0) is 9.53 Å². The van der Waals surface area contributed by atoms with Gasteiger partial charge in [0.1, 0.15) is 35.5 Å². The Bertz CT molecular complexity index is 532. The van der Waals surface area contributed by atoms with Gasteiger partial charge < -0.3 is 30.7 Å². The predicted molar refractivity (Wildman–Crippen MR) is 107 cm³/mol. The first-order chi connectivity index (χ1) is 13.1. The first-order valence-electron chi connectivity index (χ1n) is 9.72. The van der Waals surface area contributed by atoms with E-state index in [1.807, 2.05) is 6.92 Å². The molecule has 2 saturated heterocycles. The monoisotopic (exact) mass is 442 g/mol. The van der Waals surface area contributed by atoms with Crippen molar-refractivity contribution in [2.75, 3.05) is 12.8 Å². The summed E-state index contributed by atoms with van der Waals surface area (Å²) in [4.78, 5) is 12.7. The Morgan fingerprint density at radius 3 is 2.64 bits per heavy atom. The maximum atomic E-state index is 14.8. The van der Waals surface area contributed by atoms with Crippen LogP contribution in [0.25, 0.3) is 0 Å². The number of alkyl halides is 2. The Balaban J connectivity index is 2.05. The smallest absolute Gasteiger partial charge is 0.237 e. The molecule has 10 heteroatoms. The summed E-state index contributed by atoms with van der Waals surface area (Å²) in [6.07, 6.45) is -1.30. The summed E-state index contributed by atoms with van der Waals surface area (Å²) in [6.45, 7) is 3.75. The molecule has 0 aromatic rings. The van der Waals surface area contributed by atoms with E-state index in [9.17, 15) is 24.5 Å². The molecule has 0 radical (unpaired) electrons. The van der Waals surface area contributed by atoms with Gasteiger partial charge in [0, 0.05) is 13.0 Å². The first kappa shape index (κ1) is 24.1. The maximum Gasteiger partial charge on any atom is 0.237 e. The molecule has 2 aliphatic rings. The van der Waals surface area contributed by atoms with Crippen LogP contribution >= 0.6 is 23.4 Å². The largest absolute Gasteiger partial charge is 0.388 e. The molecule has 0 aromatic heterocycles. The average Bonchev–Trinajstić information content (AvgIpc) is 3.05. The number of unbranched alkanes of at least 4 members (excludes halogenated alkanes) is 1. The summed E-state index contributed by atoms with van der Waals surface area (Å²) >= 11 is 7.42. The summed E-state index contributed by atoms with van der Waals surface area (Å²) in [7, 11) is 0. The number of aliphatic hydroxyl groups is 3. The van der Waals surface area contributed by atoms with Gasteiger partial charge in [0.05, 0.1) is 17.5 Å². The highest BCUT2D eigenvalue weighted by atomic mass is 35.5. The number of aliphatic hydroxyl groups excluding tert-OH is 3. The van der Waals surface area contributed by atoms with Crippen LogP contribution in [0.15, 0.2) is 0 Å². The summed E-state index contributed by atoms with van der Waals surface area (Å²) in [5.74, 6) is -0.425. The molecule has 2 heterocycles. The Labute approximate surface area is 174 Å². The van der Waals surface area contributed by atoms with Gasteiger partial charge in [-0.25, -0.2) is 4.39 Å². The SMILES string of the molecule is CCCCC1(F)CNC(C(=O)NC(C(C)Cl)[C@H]2O[C@H](SC)[C@H](O)[C@@H](O)[C@H]2O)C1. The molecule has 0 spiro atoms. The van der Waals surface area contributed by atoms with Crippen LogP contribution in [0.4, 0.5) is 4.39 Å². The fraction of sp³-hybridized carbons (Fsp3) is 0.944.